The predicted octanol–water partition coefficient (Wildman–Crippen LogP) is 3.34. The summed E-state index contributed by atoms with van der Waals surface area (Å²) >= 11 is 0. The molecule has 0 unspecified atom stereocenters. The number of halogens is 3. The van der Waals surface area contributed by atoms with Crippen molar-refractivity contribution in [2.24, 2.45) is 0 Å². The fraction of sp³-hybridized carbons (Fsp3) is 0.368. The highest BCUT2D eigenvalue weighted by atomic mass is 19.4. The molecule has 29 heavy (non-hydrogen) atoms. The Hall–Kier alpha value is -3.17. The van der Waals surface area contributed by atoms with E-state index in [1.807, 2.05) is 31.2 Å². The van der Waals surface area contributed by atoms with Crippen LogP contribution >= 0.6 is 0 Å². The van der Waals surface area contributed by atoms with E-state index in [0.717, 1.165) is 41.8 Å². The van der Waals surface area contributed by atoms with E-state index in [1.165, 1.54) is 11.9 Å². The lowest BCUT2D eigenvalue weighted by Gasteiger charge is -2.13. The maximum atomic E-state index is 12.9. The summed E-state index contributed by atoms with van der Waals surface area (Å²) in [6.07, 6.45) is -2.24. The van der Waals surface area contributed by atoms with E-state index in [2.05, 4.69) is 19.8 Å². The number of carbonyl (C=O) groups excluding carboxylic acids is 1. The summed E-state index contributed by atoms with van der Waals surface area (Å²) in [6, 6.07) is 7.82. The number of hydrogen-bond donors (Lipinski definition) is 0. The number of benzene rings is 1. The van der Waals surface area contributed by atoms with Gasteiger partial charge in [-0.05, 0) is 38.3 Å². The van der Waals surface area contributed by atoms with Crippen LogP contribution in [0.5, 0.6) is 0 Å². The van der Waals surface area contributed by atoms with Gasteiger partial charge in [0.2, 0.25) is 5.89 Å². The summed E-state index contributed by atoms with van der Waals surface area (Å²) in [5.41, 5.74) is 4.15. The van der Waals surface area contributed by atoms with Crippen molar-refractivity contribution < 1.29 is 22.5 Å². The summed E-state index contributed by atoms with van der Waals surface area (Å²) in [5.74, 6) is -2.05. The van der Waals surface area contributed by atoms with E-state index in [4.69, 9.17) is 0 Å². The Morgan fingerprint density at radius 1 is 1.24 bits per heavy atom. The van der Waals surface area contributed by atoms with Crippen molar-refractivity contribution in [1.82, 2.24) is 24.8 Å². The molecular formula is C19H18F3N5O2. The third-order valence-electron chi connectivity index (χ3n) is 4.85. The Bertz CT molecular complexity index is 1050. The van der Waals surface area contributed by atoms with E-state index < -0.39 is 17.9 Å². The van der Waals surface area contributed by atoms with Crippen molar-refractivity contribution in [2.75, 3.05) is 7.05 Å². The summed E-state index contributed by atoms with van der Waals surface area (Å²) in [7, 11) is 1.46. The van der Waals surface area contributed by atoms with E-state index in [1.54, 1.807) is 4.68 Å². The third kappa shape index (κ3) is 3.62. The molecular weight excluding hydrogens is 387 g/mol. The van der Waals surface area contributed by atoms with Crippen LogP contribution in [0.25, 0.3) is 5.69 Å². The molecule has 152 valence electrons. The zero-order valence-electron chi connectivity index (χ0n) is 15.8. The molecule has 2 heterocycles. The average molecular weight is 405 g/mol. The maximum Gasteiger partial charge on any atom is 0.455 e. The van der Waals surface area contributed by atoms with Gasteiger partial charge in [-0.25, -0.2) is 4.68 Å². The third-order valence-corrected chi connectivity index (χ3v) is 4.85. The number of aromatic nitrogens is 4. The number of hydrogen-bond acceptors (Lipinski definition) is 5. The Kier molecular flexibility index (Phi) is 4.64. The molecule has 0 spiro atoms. The van der Waals surface area contributed by atoms with E-state index in [-0.39, 0.29) is 12.4 Å². The van der Waals surface area contributed by atoms with Crippen LogP contribution in [0.4, 0.5) is 13.2 Å². The highest BCUT2D eigenvalue weighted by Crippen LogP contribution is 2.29. The van der Waals surface area contributed by atoms with Gasteiger partial charge in [0.05, 0.1) is 5.69 Å². The van der Waals surface area contributed by atoms with Gasteiger partial charge in [0.1, 0.15) is 6.54 Å². The molecule has 3 aromatic rings. The minimum atomic E-state index is -4.70. The minimum Gasteiger partial charge on any atom is -0.337 e. The largest absolute Gasteiger partial charge is 0.455 e. The number of nitrogens with zero attached hydrogens (tertiary/aromatic N) is 5. The Labute approximate surface area is 164 Å². The molecule has 0 saturated heterocycles. The fourth-order valence-electron chi connectivity index (χ4n) is 3.40. The van der Waals surface area contributed by atoms with Crippen molar-refractivity contribution in [3.63, 3.8) is 0 Å². The molecule has 1 amide bonds. The number of alkyl halides is 3. The standard InChI is InChI=1S/C19H18F3N5O2/c1-11-6-8-12(9-7-11)27-14-5-3-4-13(14)16(24-27)17(28)26(2)10-15-23-18(25-29-15)19(20,21)22/h6-9H,3-5,10H2,1-2H3. The molecule has 10 heteroatoms. The number of aryl methyl sites for hydroxylation is 1. The molecule has 7 nitrogen and oxygen atoms in total. The molecule has 0 radical (unpaired) electrons. The van der Waals surface area contributed by atoms with Crippen molar-refractivity contribution >= 4 is 5.91 Å². The highest BCUT2D eigenvalue weighted by Gasteiger charge is 2.37. The SMILES string of the molecule is Cc1ccc(-n2nc(C(=O)N(C)Cc3nc(C(F)(F)F)no3)c3c2CCC3)cc1. The van der Waals surface area contributed by atoms with Crippen molar-refractivity contribution in [1.29, 1.82) is 0 Å². The number of rotatable bonds is 4. The molecule has 4 rings (SSSR count). The van der Waals surface area contributed by atoms with Crippen LogP contribution in [-0.2, 0) is 25.6 Å². The first-order chi connectivity index (χ1) is 13.7. The Morgan fingerprint density at radius 2 is 1.97 bits per heavy atom. The topological polar surface area (TPSA) is 77.1 Å². The van der Waals surface area contributed by atoms with Crippen molar-refractivity contribution in [2.45, 2.75) is 38.9 Å². The van der Waals surface area contributed by atoms with Crippen LogP contribution in [0, 0.1) is 6.92 Å². The van der Waals surface area contributed by atoms with Crippen molar-refractivity contribution in [3.05, 3.63) is 58.5 Å². The predicted molar refractivity (Wildman–Crippen MR) is 95.4 cm³/mol. The van der Waals surface area contributed by atoms with Crippen molar-refractivity contribution in [3.8, 4) is 5.69 Å². The van der Waals surface area contributed by atoms with Crippen LogP contribution in [0.2, 0.25) is 0 Å². The van der Waals surface area contributed by atoms with Gasteiger partial charge in [0.25, 0.3) is 11.7 Å². The molecule has 2 aromatic heterocycles. The van der Waals surface area contributed by atoms with Gasteiger partial charge < -0.3 is 9.42 Å². The first-order valence-electron chi connectivity index (χ1n) is 9.07. The normalized spacial score (nSPS) is 13.6. The molecule has 0 fully saturated rings. The molecule has 1 aromatic carbocycles. The van der Waals surface area contributed by atoms with Crippen LogP contribution in [-0.4, -0.2) is 37.8 Å². The maximum absolute atomic E-state index is 12.9. The molecule has 0 bridgehead atoms. The summed E-state index contributed by atoms with van der Waals surface area (Å²) in [4.78, 5) is 17.5. The molecule has 0 aliphatic heterocycles. The van der Waals surface area contributed by atoms with Crippen LogP contribution in [0.1, 0.15) is 45.4 Å². The first-order valence-corrected chi connectivity index (χ1v) is 9.07. The number of carbonyl (C=O) groups is 1. The second-order valence-corrected chi connectivity index (χ2v) is 7.05. The van der Waals surface area contributed by atoms with Gasteiger partial charge in [0, 0.05) is 18.3 Å². The van der Waals surface area contributed by atoms with E-state index in [9.17, 15) is 18.0 Å². The number of fused-ring (bicyclic) bond motifs is 1. The Morgan fingerprint density at radius 3 is 2.62 bits per heavy atom. The summed E-state index contributed by atoms with van der Waals surface area (Å²) in [6.45, 7) is 1.75. The van der Waals surface area contributed by atoms with Gasteiger partial charge in [0.15, 0.2) is 5.69 Å². The molecule has 1 aliphatic rings. The second kappa shape index (κ2) is 7.02. The van der Waals surface area contributed by atoms with Crippen LogP contribution in [0.15, 0.2) is 28.8 Å². The monoisotopic (exact) mass is 405 g/mol. The first kappa shape index (κ1) is 19.2. The highest BCUT2D eigenvalue weighted by molar-refractivity contribution is 5.94. The zero-order chi connectivity index (χ0) is 20.8. The second-order valence-electron chi connectivity index (χ2n) is 7.05. The van der Waals surface area contributed by atoms with Gasteiger partial charge in [-0.3, -0.25) is 4.79 Å². The minimum absolute atomic E-state index is 0.242. The van der Waals surface area contributed by atoms with Crippen LogP contribution in [0.3, 0.4) is 0 Å². The molecule has 1 aliphatic carbocycles. The summed E-state index contributed by atoms with van der Waals surface area (Å²) < 4.78 is 44.3. The number of amides is 1. The summed E-state index contributed by atoms with van der Waals surface area (Å²) in [5, 5.41) is 7.43. The Balaban J connectivity index is 1.59. The average Bonchev–Trinajstić information content (AvgIpc) is 3.37. The fourth-order valence-corrected chi connectivity index (χ4v) is 3.40. The quantitative estimate of drug-likeness (QED) is 0.665. The zero-order valence-corrected chi connectivity index (χ0v) is 15.8. The van der Waals surface area contributed by atoms with Gasteiger partial charge in [-0.15, -0.1) is 0 Å². The smallest absolute Gasteiger partial charge is 0.337 e. The lowest BCUT2D eigenvalue weighted by Crippen LogP contribution is -2.27. The lowest BCUT2D eigenvalue weighted by atomic mass is 10.2. The van der Waals surface area contributed by atoms with E-state index >= 15 is 0 Å². The lowest BCUT2D eigenvalue weighted by molar-refractivity contribution is -0.146. The van der Waals surface area contributed by atoms with E-state index in [0.29, 0.717) is 5.69 Å². The molecule has 0 N–H and O–H groups in total. The molecule has 0 saturated carbocycles. The van der Waals surface area contributed by atoms with Gasteiger partial charge in [-0.1, -0.05) is 22.9 Å². The van der Waals surface area contributed by atoms with Gasteiger partial charge in [-0.2, -0.15) is 23.3 Å². The molecule has 0 atom stereocenters. The van der Waals surface area contributed by atoms with Crippen LogP contribution < -0.4 is 0 Å². The van der Waals surface area contributed by atoms with Gasteiger partial charge >= 0.3 is 6.18 Å².